The van der Waals surface area contributed by atoms with Crippen LogP contribution in [0.4, 0.5) is 0 Å². The smallest absolute Gasteiger partial charge is 0.0764 e. The van der Waals surface area contributed by atoms with Crippen LogP contribution >= 0.6 is 0 Å². The topological polar surface area (TPSA) is 41.3 Å². The number of nitrogens with zero attached hydrogens (tertiary/aromatic N) is 3. The van der Waals surface area contributed by atoms with Gasteiger partial charge in [-0.05, 0) is 32.3 Å². The van der Waals surface area contributed by atoms with Crippen LogP contribution in [0.3, 0.4) is 0 Å². The fourth-order valence-corrected chi connectivity index (χ4v) is 2.73. The maximum atomic E-state index is 9.95. The Morgan fingerprint density at radius 2 is 2.17 bits per heavy atom. The number of β-amino-alcohol motifs (C(OH)–C–C–N with tert-alkyl or cyclic N) is 1. The summed E-state index contributed by atoms with van der Waals surface area (Å²) in [5, 5.41) is 14.6. The second kappa shape index (κ2) is 5.41. The molecule has 0 bridgehead atoms. The molecule has 4 nitrogen and oxygen atoms in total. The summed E-state index contributed by atoms with van der Waals surface area (Å²) in [7, 11) is 0. The van der Waals surface area contributed by atoms with E-state index in [1.165, 1.54) is 0 Å². The van der Waals surface area contributed by atoms with E-state index in [1.54, 1.807) is 0 Å². The normalized spacial score (nSPS) is 25.2. The second-order valence-electron chi connectivity index (χ2n) is 5.72. The Bertz CT molecular complexity index is 382. The molecule has 0 aromatic carbocycles. The van der Waals surface area contributed by atoms with Gasteiger partial charge < -0.3 is 5.11 Å². The van der Waals surface area contributed by atoms with Gasteiger partial charge in [0.05, 0.1) is 17.3 Å². The Morgan fingerprint density at radius 1 is 1.44 bits per heavy atom. The molecule has 0 radical (unpaired) electrons. The molecule has 102 valence electrons. The maximum absolute atomic E-state index is 9.95. The lowest BCUT2D eigenvalue weighted by molar-refractivity contribution is 0.0677. The number of rotatable bonds is 5. The first kappa shape index (κ1) is 13.6. The van der Waals surface area contributed by atoms with E-state index in [9.17, 15) is 5.11 Å². The molecule has 4 heteroatoms. The van der Waals surface area contributed by atoms with Crippen molar-refractivity contribution in [3.63, 3.8) is 0 Å². The third-order valence-electron chi connectivity index (χ3n) is 3.90. The monoisotopic (exact) mass is 251 g/mol. The second-order valence-corrected chi connectivity index (χ2v) is 5.72. The molecule has 1 aliphatic heterocycles. The fraction of sp³-hybridized carbons (Fsp3) is 0.786. The summed E-state index contributed by atoms with van der Waals surface area (Å²) in [6.07, 6.45) is 5.19. The van der Waals surface area contributed by atoms with Crippen LogP contribution in [0, 0.1) is 0 Å². The van der Waals surface area contributed by atoms with Gasteiger partial charge in [0.1, 0.15) is 0 Å². The zero-order chi connectivity index (χ0) is 13.2. The Morgan fingerprint density at radius 3 is 2.72 bits per heavy atom. The number of likely N-dealkylation sites (tertiary alicyclic amines) is 1. The molecule has 2 heterocycles. The zero-order valence-electron chi connectivity index (χ0n) is 11.8. The third kappa shape index (κ3) is 3.12. The third-order valence-corrected chi connectivity index (χ3v) is 3.90. The van der Waals surface area contributed by atoms with Gasteiger partial charge in [-0.3, -0.25) is 9.58 Å². The average molecular weight is 251 g/mol. The lowest BCUT2D eigenvalue weighted by Gasteiger charge is -2.18. The van der Waals surface area contributed by atoms with Crippen LogP contribution < -0.4 is 0 Å². The van der Waals surface area contributed by atoms with Crippen LogP contribution in [0.2, 0.25) is 0 Å². The minimum Gasteiger partial charge on any atom is -0.389 e. The highest BCUT2D eigenvalue weighted by Crippen LogP contribution is 2.22. The maximum Gasteiger partial charge on any atom is 0.0764 e. The standard InChI is InChI=1S/C14H25N3O/c1-4-13(5-2)17-8-6-12(15-17)10-16-9-7-14(3,18)11-16/h6,8,13,18H,4-5,7,9-11H2,1-3H3. The molecule has 1 aliphatic rings. The summed E-state index contributed by atoms with van der Waals surface area (Å²) >= 11 is 0. The molecular weight excluding hydrogens is 226 g/mol. The fourth-order valence-electron chi connectivity index (χ4n) is 2.73. The molecule has 0 saturated carbocycles. The van der Waals surface area contributed by atoms with E-state index < -0.39 is 5.60 Å². The first-order valence-corrected chi connectivity index (χ1v) is 7.03. The van der Waals surface area contributed by atoms with Gasteiger partial charge >= 0.3 is 0 Å². The van der Waals surface area contributed by atoms with Crippen molar-refractivity contribution in [2.24, 2.45) is 0 Å². The summed E-state index contributed by atoms with van der Waals surface area (Å²) in [5.41, 5.74) is 0.595. The number of aliphatic hydroxyl groups is 1. The SMILES string of the molecule is CCC(CC)n1ccc(CN2CCC(C)(O)C2)n1. The Hall–Kier alpha value is -0.870. The van der Waals surface area contributed by atoms with Gasteiger partial charge in [0, 0.05) is 25.8 Å². The van der Waals surface area contributed by atoms with Gasteiger partial charge in [-0.15, -0.1) is 0 Å². The predicted molar refractivity (Wildman–Crippen MR) is 72.4 cm³/mol. The molecule has 1 saturated heterocycles. The van der Waals surface area contributed by atoms with Crippen molar-refractivity contribution in [2.45, 2.75) is 58.2 Å². The van der Waals surface area contributed by atoms with E-state index >= 15 is 0 Å². The predicted octanol–water partition coefficient (Wildman–Crippen LogP) is 2.20. The molecule has 1 unspecified atom stereocenters. The van der Waals surface area contributed by atoms with Gasteiger partial charge in [0.2, 0.25) is 0 Å². The summed E-state index contributed by atoms with van der Waals surface area (Å²) in [5.74, 6) is 0. The van der Waals surface area contributed by atoms with Crippen LogP contribution in [0.25, 0.3) is 0 Å². The Kier molecular flexibility index (Phi) is 4.07. The average Bonchev–Trinajstić information content (AvgIpc) is 2.88. The molecule has 0 aliphatic carbocycles. The van der Waals surface area contributed by atoms with Crippen molar-refractivity contribution in [2.75, 3.05) is 13.1 Å². The summed E-state index contributed by atoms with van der Waals surface area (Å²) in [6, 6.07) is 2.62. The highest BCUT2D eigenvalue weighted by Gasteiger charge is 2.31. The van der Waals surface area contributed by atoms with E-state index in [4.69, 9.17) is 0 Å². The van der Waals surface area contributed by atoms with E-state index in [-0.39, 0.29) is 0 Å². The van der Waals surface area contributed by atoms with Crippen molar-refractivity contribution >= 4 is 0 Å². The molecule has 0 spiro atoms. The molecule has 1 atom stereocenters. The van der Waals surface area contributed by atoms with Crippen LogP contribution in [0.1, 0.15) is 51.8 Å². The zero-order valence-corrected chi connectivity index (χ0v) is 11.8. The highest BCUT2D eigenvalue weighted by atomic mass is 16.3. The van der Waals surface area contributed by atoms with Crippen molar-refractivity contribution in [3.8, 4) is 0 Å². The highest BCUT2D eigenvalue weighted by molar-refractivity contribution is 5.01. The van der Waals surface area contributed by atoms with Gasteiger partial charge in [0.15, 0.2) is 0 Å². The Balaban J connectivity index is 1.95. The minimum absolute atomic E-state index is 0.514. The lowest BCUT2D eigenvalue weighted by Crippen LogP contribution is -2.29. The lowest BCUT2D eigenvalue weighted by atomic mass is 10.1. The van der Waals surface area contributed by atoms with Crippen molar-refractivity contribution in [1.29, 1.82) is 0 Å². The molecule has 2 rings (SSSR count). The van der Waals surface area contributed by atoms with Crippen LogP contribution in [0.15, 0.2) is 12.3 Å². The van der Waals surface area contributed by atoms with E-state index in [1.807, 2.05) is 6.92 Å². The van der Waals surface area contributed by atoms with Crippen LogP contribution in [-0.2, 0) is 6.54 Å². The molecule has 1 aromatic heterocycles. The minimum atomic E-state index is -0.516. The number of hydrogen-bond donors (Lipinski definition) is 1. The molecule has 1 fully saturated rings. The van der Waals surface area contributed by atoms with Crippen molar-refractivity contribution in [1.82, 2.24) is 14.7 Å². The Labute approximate surface area is 110 Å². The largest absolute Gasteiger partial charge is 0.389 e. The van der Waals surface area contributed by atoms with Crippen LogP contribution in [-0.4, -0.2) is 38.5 Å². The molecule has 1 N–H and O–H groups in total. The van der Waals surface area contributed by atoms with Gasteiger partial charge in [-0.1, -0.05) is 13.8 Å². The van der Waals surface area contributed by atoms with Crippen molar-refractivity contribution < 1.29 is 5.11 Å². The van der Waals surface area contributed by atoms with E-state index in [2.05, 4.69) is 40.8 Å². The van der Waals surface area contributed by atoms with E-state index in [0.717, 1.165) is 44.6 Å². The summed E-state index contributed by atoms with van der Waals surface area (Å²) < 4.78 is 2.09. The van der Waals surface area contributed by atoms with Gasteiger partial charge in [-0.2, -0.15) is 5.10 Å². The van der Waals surface area contributed by atoms with Gasteiger partial charge in [-0.25, -0.2) is 0 Å². The molecular formula is C14H25N3O. The summed E-state index contributed by atoms with van der Waals surface area (Å²) in [4.78, 5) is 2.28. The van der Waals surface area contributed by atoms with Crippen LogP contribution in [0.5, 0.6) is 0 Å². The molecule has 0 amide bonds. The number of hydrogen-bond acceptors (Lipinski definition) is 3. The van der Waals surface area contributed by atoms with E-state index in [0.29, 0.717) is 6.04 Å². The molecule has 1 aromatic rings. The first-order chi connectivity index (χ1) is 8.54. The van der Waals surface area contributed by atoms with Gasteiger partial charge in [0.25, 0.3) is 0 Å². The first-order valence-electron chi connectivity index (χ1n) is 7.03. The van der Waals surface area contributed by atoms with Crippen molar-refractivity contribution in [3.05, 3.63) is 18.0 Å². The number of aromatic nitrogens is 2. The quantitative estimate of drug-likeness (QED) is 0.872. The summed E-state index contributed by atoms with van der Waals surface area (Å²) in [6.45, 7) is 8.88. The molecule has 18 heavy (non-hydrogen) atoms.